The maximum atomic E-state index is 11.7. The first kappa shape index (κ1) is 11.0. The van der Waals surface area contributed by atoms with E-state index in [4.69, 9.17) is 0 Å². The fourth-order valence-electron chi connectivity index (χ4n) is 2.64. The zero-order valence-electron chi connectivity index (χ0n) is 10.0. The van der Waals surface area contributed by atoms with E-state index in [1.165, 1.54) is 11.1 Å². The average molecular weight is 237 g/mol. The number of amides is 1. The van der Waals surface area contributed by atoms with Gasteiger partial charge in [0.2, 0.25) is 5.91 Å². The summed E-state index contributed by atoms with van der Waals surface area (Å²) in [5, 5.41) is 3.08. The van der Waals surface area contributed by atoms with Crippen molar-refractivity contribution in [3.63, 3.8) is 0 Å². The molecule has 1 heterocycles. The van der Waals surface area contributed by atoms with Crippen LogP contribution in [0, 0.1) is 0 Å². The molecule has 1 saturated heterocycles. The maximum Gasteiger partial charge on any atom is 0.221 e. The molecule has 0 aromatic heterocycles. The van der Waals surface area contributed by atoms with Gasteiger partial charge in [-0.3, -0.25) is 4.79 Å². The molecule has 1 amide bonds. The van der Waals surface area contributed by atoms with Crippen molar-refractivity contribution in [3.05, 3.63) is 71.8 Å². The summed E-state index contributed by atoms with van der Waals surface area (Å²) in [4.78, 5) is 11.7. The van der Waals surface area contributed by atoms with E-state index < -0.39 is 0 Å². The van der Waals surface area contributed by atoms with Crippen molar-refractivity contribution >= 4 is 5.91 Å². The van der Waals surface area contributed by atoms with Crippen LogP contribution in [0.2, 0.25) is 0 Å². The van der Waals surface area contributed by atoms with E-state index in [1.807, 2.05) is 36.4 Å². The van der Waals surface area contributed by atoms with Crippen molar-refractivity contribution in [2.24, 2.45) is 0 Å². The predicted molar refractivity (Wildman–Crippen MR) is 71.1 cm³/mol. The minimum Gasteiger partial charge on any atom is -0.349 e. The summed E-state index contributed by atoms with van der Waals surface area (Å²) < 4.78 is 0. The first-order valence-corrected chi connectivity index (χ1v) is 6.24. The molecule has 18 heavy (non-hydrogen) atoms. The van der Waals surface area contributed by atoms with Crippen LogP contribution < -0.4 is 5.32 Å². The Hall–Kier alpha value is -2.09. The van der Waals surface area contributed by atoms with Crippen molar-refractivity contribution in [3.8, 4) is 0 Å². The Bertz CT molecular complexity index is 486. The lowest BCUT2D eigenvalue weighted by Gasteiger charge is -2.19. The highest BCUT2D eigenvalue weighted by Gasteiger charge is 2.34. The third-order valence-electron chi connectivity index (χ3n) is 3.51. The molecular formula is C16H15NO. The van der Waals surface area contributed by atoms with Crippen molar-refractivity contribution in [2.75, 3.05) is 0 Å². The molecule has 3 rings (SSSR count). The van der Waals surface area contributed by atoms with Crippen LogP contribution in [0.15, 0.2) is 60.7 Å². The number of carbonyl (C=O) groups excluding carboxylic acids is 1. The van der Waals surface area contributed by atoms with E-state index in [2.05, 4.69) is 29.6 Å². The second-order valence-corrected chi connectivity index (χ2v) is 4.68. The Morgan fingerprint density at radius 2 is 1.39 bits per heavy atom. The molecule has 0 spiro atoms. The molecular weight excluding hydrogens is 222 g/mol. The molecule has 0 bridgehead atoms. The third-order valence-corrected chi connectivity index (χ3v) is 3.51. The first-order valence-electron chi connectivity index (χ1n) is 6.24. The summed E-state index contributed by atoms with van der Waals surface area (Å²) in [5.74, 6) is 0.374. The summed E-state index contributed by atoms with van der Waals surface area (Å²) in [6, 6.07) is 20.5. The number of rotatable bonds is 2. The van der Waals surface area contributed by atoms with E-state index >= 15 is 0 Å². The highest BCUT2D eigenvalue weighted by atomic mass is 16.2. The van der Waals surface area contributed by atoms with Gasteiger partial charge in [0, 0.05) is 12.3 Å². The molecule has 1 aliphatic rings. The van der Waals surface area contributed by atoms with Gasteiger partial charge in [0.1, 0.15) is 0 Å². The molecule has 2 atom stereocenters. The summed E-state index contributed by atoms with van der Waals surface area (Å²) in [6.07, 6.45) is 0.573. The van der Waals surface area contributed by atoms with Gasteiger partial charge in [-0.2, -0.15) is 0 Å². The third kappa shape index (κ3) is 2.02. The zero-order valence-corrected chi connectivity index (χ0v) is 10.0. The highest BCUT2D eigenvalue weighted by Crippen LogP contribution is 2.37. The largest absolute Gasteiger partial charge is 0.349 e. The molecule has 2 nitrogen and oxygen atoms in total. The molecule has 0 radical (unpaired) electrons. The predicted octanol–water partition coefficient (Wildman–Crippen LogP) is 3.03. The van der Waals surface area contributed by atoms with Crippen LogP contribution in [-0.4, -0.2) is 5.91 Å². The molecule has 1 aliphatic heterocycles. The van der Waals surface area contributed by atoms with Crippen LogP contribution in [0.25, 0.3) is 0 Å². The molecule has 2 aromatic carbocycles. The van der Waals surface area contributed by atoms with Crippen LogP contribution in [-0.2, 0) is 4.79 Å². The van der Waals surface area contributed by atoms with Gasteiger partial charge in [0.25, 0.3) is 0 Å². The molecule has 90 valence electrons. The second-order valence-electron chi connectivity index (χ2n) is 4.68. The van der Waals surface area contributed by atoms with Gasteiger partial charge in [-0.05, 0) is 11.1 Å². The fourth-order valence-corrected chi connectivity index (χ4v) is 2.64. The monoisotopic (exact) mass is 237 g/mol. The quantitative estimate of drug-likeness (QED) is 0.854. The normalized spacial score (nSPS) is 22.8. The van der Waals surface area contributed by atoms with E-state index in [0.717, 1.165) is 0 Å². The van der Waals surface area contributed by atoms with Crippen LogP contribution in [0.1, 0.15) is 29.5 Å². The Morgan fingerprint density at radius 3 is 2.00 bits per heavy atom. The maximum absolute atomic E-state index is 11.7. The van der Waals surface area contributed by atoms with Crippen molar-refractivity contribution in [2.45, 2.75) is 18.4 Å². The Kier molecular flexibility index (Phi) is 2.85. The van der Waals surface area contributed by atoms with Crippen molar-refractivity contribution in [1.29, 1.82) is 0 Å². The number of hydrogen-bond donors (Lipinski definition) is 1. The van der Waals surface area contributed by atoms with Crippen LogP contribution in [0.4, 0.5) is 0 Å². The summed E-state index contributed by atoms with van der Waals surface area (Å²) in [7, 11) is 0. The minimum absolute atomic E-state index is 0.0982. The number of hydrogen-bond acceptors (Lipinski definition) is 1. The van der Waals surface area contributed by atoms with Crippen molar-refractivity contribution < 1.29 is 4.79 Å². The first-order chi connectivity index (χ1) is 8.84. The van der Waals surface area contributed by atoms with Crippen molar-refractivity contribution in [1.82, 2.24) is 5.32 Å². The molecule has 2 heteroatoms. The van der Waals surface area contributed by atoms with Crippen LogP contribution in [0.3, 0.4) is 0 Å². The standard InChI is InChI=1S/C16H15NO/c18-15-11-14(12-7-3-1-4-8-12)16(17-15)13-9-5-2-6-10-13/h1-10,14,16H,11H2,(H,17,18)/t14-,16-/m1/s1. The van der Waals surface area contributed by atoms with E-state index in [0.29, 0.717) is 6.42 Å². The van der Waals surface area contributed by atoms with Gasteiger partial charge < -0.3 is 5.32 Å². The van der Waals surface area contributed by atoms with Crippen LogP contribution >= 0.6 is 0 Å². The lowest BCUT2D eigenvalue weighted by Crippen LogP contribution is -2.20. The van der Waals surface area contributed by atoms with E-state index in [1.54, 1.807) is 0 Å². The van der Waals surface area contributed by atoms with Gasteiger partial charge in [-0.25, -0.2) is 0 Å². The van der Waals surface area contributed by atoms with E-state index in [9.17, 15) is 4.79 Å². The van der Waals surface area contributed by atoms with E-state index in [-0.39, 0.29) is 17.9 Å². The minimum atomic E-state index is 0.0982. The Balaban J connectivity index is 1.96. The molecule has 0 unspecified atom stereocenters. The lowest BCUT2D eigenvalue weighted by atomic mass is 9.88. The smallest absolute Gasteiger partial charge is 0.221 e. The lowest BCUT2D eigenvalue weighted by molar-refractivity contribution is -0.119. The molecule has 2 aromatic rings. The Labute approximate surface area is 107 Å². The van der Waals surface area contributed by atoms with Gasteiger partial charge >= 0.3 is 0 Å². The number of carbonyl (C=O) groups is 1. The average Bonchev–Trinajstić information content (AvgIpc) is 2.83. The number of nitrogens with one attached hydrogen (secondary N) is 1. The topological polar surface area (TPSA) is 29.1 Å². The highest BCUT2D eigenvalue weighted by molar-refractivity contribution is 5.80. The SMILES string of the molecule is O=C1C[C@H](c2ccccc2)[C@@H](c2ccccc2)N1. The molecule has 1 fully saturated rings. The molecule has 0 aliphatic carbocycles. The van der Waals surface area contributed by atoms with Crippen LogP contribution in [0.5, 0.6) is 0 Å². The second kappa shape index (κ2) is 4.65. The number of benzene rings is 2. The fraction of sp³-hybridized carbons (Fsp3) is 0.188. The summed E-state index contributed by atoms with van der Waals surface area (Å²) in [6.45, 7) is 0. The molecule has 1 N–H and O–H groups in total. The van der Waals surface area contributed by atoms with Gasteiger partial charge in [-0.15, -0.1) is 0 Å². The van der Waals surface area contributed by atoms with Gasteiger partial charge in [0.15, 0.2) is 0 Å². The van der Waals surface area contributed by atoms with Gasteiger partial charge in [0.05, 0.1) is 6.04 Å². The zero-order chi connectivity index (χ0) is 12.4. The molecule has 0 saturated carbocycles. The Morgan fingerprint density at radius 1 is 0.833 bits per heavy atom. The van der Waals surface area contributed by atoms with Gasteiger partial charge in [-0.1, -0.05) is 60.7 Å². The summed E-state index contributed by atoms with van der Waals surface area (Å²) >= 11 is 0. The summed E-state index contributed by atoms with van der Waals surface area (Å²) in [5.41, 5.74) is 2.40.